The second-order valence-corrected chi connectivity index (χ2v) is 4.46. The SMILES string of the molecule is CNC(c1ccc(F)cc1C)c1ccccc1OC. The average molecular weight is 259 g/mol. The summed E-state index contributed by atoms with van der Waals surface area (Å²) in [5.74, 6) is 0.613. The van der Waals surface area contributed by atoms with Gasteiger partial charge >= 0.3 is 0 Å². The number of ether oxygens (including phenoxy) is 1. The van der Waals surface area contributed by atoms with Crippen LogP contribution in [0.15, 0.2) is 42.5 Å². The van der Waals surface area contributed by atoms with E-state index in [1.807, 2.05) is 44.3 Å². The second kappa shape index (κ2) is 5.85. The first-order valence-electron chi connectivity index (χ1n) is 6.23. The average Bonchev–Trinajstić information content (AvgIpc) is 2.42. The Morgan fingerprint density at radius 3 is 2.47 bits per heavy atom. The summed E-state index contributed by atoms with van der Waals surface area (Å²) in [6, 6.07) is 12.7. The summed E-state index contributed by atoms with van der Waals surface area (Å²) in [6.45, 7) is 1.91. The van der Waals surface area contributed by atoms with Crippen LogP contribution in [0, 0.1) is 12.7 Å². The van der Waals surface area contributed by atoms with Gasteiger partial charge in [0.25, 0.3) is 0 Å². The van der Waals surface area contributed by atoms with Crippen molar-refractivity contribution in [1.29, 1.82) is 0 Å². The molecule has 19 heavy (non-hydrogen) atoms. The number of benzene rings is 2. The summed E-state index contributed by atoms with van der Waals surface area (Å²) in [5.41, 5.74) is 3.01. The fourth-order valence-electron chi connectivity index (χ4n) is 2.35. The van der Waals surface area contributed by atoms with E-state index in [4.69, 9.17) is 4.74 Å². The highest BCUT2D eigenvalue weighted by Crippen LogP contribution is 2.31. The van der Waals surface area contributed by atoms with Crippen LogP contribution in [0.4, 0.5) is 4.39 Å². The Balaban J connectivity index is 2.50. The molecule has 2 aromatic rings. The van der Waals surface area contributed by atoms with Crippen molar-refractivity contribution >= 4 is 0 Å². The predicted molar refractivity (Wildman–Crippen MR) is 75.0 cm³/mol. The number of hydrogen-bond donors (Lipinski definition) is 1. The molecular weight excluding hydrogens is 241 g/mol. The van der Waals surface area contributed by atoms with Crippen LogP contribution in [0.5, 0.6) is 5.75 Å². The largest absolute Gasteiger partial charge is 0.496 e. The Morgan fingerprint density at radius 2 is 1.84 bits per heavy atom. The maximum Gasteiger partial charge on any atom is 0.123 e. The molecular formula is C16H18FNO. The molecule has 0 saturated heterocycles. The summed E-state index contributed by atoms with van der Waals surface area (Å²) >= 11 is 0. The number of para-hydroxylation sites is 1. The monoisotopic (exact) mass is 259 g/mol. The molecule has 100 valence electrons. The molecule has 2 nitrogen and oxygen atoms in total. The molecule has 0 amide bonds. The highest BCUT2D eigenvalue weighted by atomic mass is 19.1. The van der Waals surface area contributed by atoms with Gasteiger partial charge < -0.3 is 10.1 Å². The topological polar surface area (TPSA) is 21.3 Å². The third-order valence-electron chi connectivity index (χ3n) is 3.28. The van der Waals surface area contributed by atoms with Crippen molar-refractivity contribution < 1.29 is 9.13 Å². The maximum absolute atomic E-state index is 13.2. The van der Waals surface area contributed by atoms with Gasteiger partial charge in [-0.1, -0.05) is 24.3 Å². The van der Waals surface area contributed by atoms with E-state index in [0.717, 1.165) is 22.4 Å². The van der Waals surface area contributed by atoms with Crippen LogP contribution in [0.25, 0.3) is 0 Å². The van der Waals surface area contributed by atoms with Crippen LogP contribution in [0.2, 0.25) is 0 Å². The molecule has 3 heteroatoms. The van der Waals surface area contributed by atoms with Gasteiger partial charge in [0.05, 0.1) is 13.2 Å². The maximum atomic E-state index is 13.2. The fourth-order valence-corrected chi connectivity index (χ4v) is 2.35. The van der Waals surface area contributed by atoms with Gasteiger partial charge in [-0.25, -0.2) is 4.39 Å². The molecule has 0 saturated carbocycles. The lowest BCUT2D eigenvalue weighted by molar-refractivity contribution is 0.405. The Kier molecular flexibility index (Phi) is 4.17. The van der Waals surface area contributed by atoms with Gasteiger partial charge in [-0.3, -0.25) is 0 Å². The molecule has 0 aromatic heterocycles. The van der Waals surface area contributed by atoms with E-state index >= 15 is 0 Å². The minimum absolute atomic E-state index is 0.0169. The van der Waals surface area contributed by atoms with Crippen molar-refractivity contribution in [2.75, 3.05) is 14.2 Å². The second-order valence-electron chi connectivity index (χ2n) is 4.46. The Bertz CT molecular complexity index is 568. The van der Waals surface area contributed by atoms with E-state index in [0.29, 0.717) is 0 Å². The van der Waals surface area contributed by atoms with Crippen molar-refractivity contribution in [1.82, 2.24) is 5.32 Å². The number of methoxy groups -OCH3 is 1. The zero-order valence-corrected chi connectivity index (χ0v) is 11.4. The molecule has 1 atom stereocenters. The summed E-state index contributed by atoms with van der Waals surface area (Å²) < 4.78 is 18.6. The van der Waals surface area contributed by atoms with Gasteiger partial charge in [0.15, 0.2) is 0 Å². The number of hydrogen-bond acceptors (Lipinski definition) is 2. The zero-order valence-electron chi connectivity index (χ0n) is 11.4. The van der Waals surface area contributed by atoms with Gasteiger partial charge in [0.1, 0.15) is 11.6 Å². The van der Waals surface area contributed by atoms with Gasteiger partial charge in [-0.05, 0) is 43.3 Å². The van der Waals surface area contributed by atoms with E-state index in [2.05, 4.69) is 5.32 Å². The summed E-state index contributed by atoms with van der Waals surface area (Å²) in [7, 11) is 3.54. The first kappa shape index (κ1) is 13.6. The van der Waals surface area contributed by atoms with Crippen molar-refractivity contribution in [2.24, 2.45) is 0 Å². The van der Waals surface area contributed by atoms with Crippen LogP contribution >= 0.6 is 0 Å². The smallest absolute Gasteiger partial charge is 0.123 e. The lowest BCUT2D eigenvalue weighted by Gasteiger charge is -2.21. The molecule has 1 unspecified atom stereocenters. The third kappa shape index (κ3) is 2.76. The quantitative estimate of drug-likeness (QED) is 0.908. The van der Waals surface area contributed by atoms with E-state index in [1.54, 1.807) is 13.2 Å². The predicted octanol–water partition coefficient (Wildman–Crippen LogP) is 3.45. The van der Waals surface area contributed by atoms with Crippen molar-refractivity contribution in [3.63, 3.8) is 0 Å². The summed E-state index contributed by atoms with van der Waals surface area (Å²) in [5, 5.41) is 3.27. The van der Waals surface area contributed by atoms with E-state index < -0.39 is 0 Å². The minimum Gasteiger partial charge on any atom is -0.496 e. The third-order valence-corrected chi connectivity index (χ3v) is 3.28. The number of halogens is 1. The summed E-state index contributed by atoms with van der Waals surface area (Å²) in [4.78, 5) is 0. The lowest BCUT2D eigenvalue weighted by atomic mass is 9.94. The van der Waals surface area contributed by atoms with E-state index in [9.17, 15) is 4.39 Å². The van der Waals surface area contributed by atoms with Crippen molar-refractivity contribution in [3.05, 3.63) is 65.0 Å². The minimum atomic E-state index is -0.212. The number of nitrogens with one attached hydrogen (secondary N) is 1. The molecule has 2 rings (SSSR count). The molecule has 0 spiro atoms. The first-order chi connectivity index (χ1) is 9.17. The zero-order chi connectivity index (χ0) is 13.8. The van der Waals surface area contributed by atoms with Crippen molar-refractivity contribution in [3.8, 4) is 5.75 Å². The van der Waals surface area contributed by atoms with Crippen LogP contribution in [0.3, 0.4) is 0 Å². The normalized spacial score (nSPS) is 12.2. The molecule has 0 heterocycles. The highest BCUT2D eigenvalue weighted by Gasteiger charge is 2.18. The van der Waals surface area contributed by atoms with E-state index in [1.165, 1.54) is 6.07 Å². The highest BCUT2D eigenvalue weighted by molar-refractivity contribution is 5.43. The Labute approximate surface area is 113 Å². The van der Waals surface area contributed by atoms with Gasteiger partial charge in [0.2, 0.25) is 0 Å². The number of aryl methyl sites for hydroxylation is 1. The fraction of sp³-hybridized carbons (Fsp3) is 0.250. The number of rotatable bonds is 4. The van der Waals surface area contributed by atoms with Crippen LogP contribution in [-0.2, 0) is 0 Å². The molecule has 1 N–H and O–H groups in total. The van der Waals surface area contributed by atoms with Gasteiger partial charge in [-0.2, -0.15) is 0 Å². The molecule has 0 aliphatic rings. The van der Waals surface area contributed by atoms with Crippen LogP contribution < -0.4 is 10.1 Å². The molecule has 0 fully saturated rings. The van der Waals surface area contributed by atoms with Crippen molar-refractivity contribution in [2.45, 2.75) is 13.0 Å². The van der Waals surface area contributed by atoms with Crippen LogP contribution in [-0.4, -0.2) is 14.2 Å². The Hall–Kier alpha value is -1.87. The van der Waals surface area contributed by atoms with Gasteiger partial charge in [0, 0.05) is 5.56 Å². The molecule has 2 aromatic carbocycles. The molecule has 0 aliphatic carbocycles. The molecule has 0 aliphatic heterocycles. The lowest BCUT2D eigenvalue weighted by Crippen LogP contribution is -2.19. The standard InChI is InChI=1S/C16H18FNO/c1-11-10-12(17)8-9-13(11)16(18-2)14-6-4-5-7-15(14)19-3/h4-10,16,18H,1-3H3. The molecule has 0 radical (unpaired) electrons. The Morgan fingerprint density at radius 1 is 1.11 bits per heavy atom. The van der Waals surface area contributed by atoms with Crippen LogP contribution in [0.1, 0.15) is 22.7 Å². The van der Waals surface area contributed by atoms with Gasteiger partial charge in [-0.15, -0.1) is 0 Å². The van der Waals surface area contributed by atoms with E-state index in [-0.39, 0.29) is 11.9 Å². The molecule has 0 bridgehead atoms. The summed E-state index contributed by atoms with van der Waals surface area (Å²) in [6.07, 6.45) is 0. The first-order valence-corrected chi connectivity index (χ1v) is 6.23.